The van der Waals surface area contributed by atoms with Gasteiger partial charge in [0, 0.05) is 19.3 Å². The summed E-state index contributed by atoms with van der Waals surface area (Å²) in [4.78, 5) is 15.6. The first-order valence-corrected chi connectivity index (χ1v) is 6.92. The summed E-state index contributed by atoms with van der Waals surface area (Å²) in [5.74, 6) is -0.306. The van der Waals surface area contributed by atoms with E-state index in [9.17, 15) is 9.90 Å². The van der Waals surface area contributed by atoms with E-state index in [2.05, 4.69) is 22.3 Å². The minimum atomic E-state index is -0.960. The highest BCUT2D eigenvalue weighted by atomic mass is 16.4. The highest BCUT2D eigenvalue weighted by Gasteiger charge is 2.37. The van der Waals surface area contributed by atoms with E-state index in [0.717, 1.165) is 18.2 Å². The Bertz CT molecular complexity index is 664. The molecule has 1 aliphatic carbocycles. The van der Waals surface area contributed by atoms with Crippen LogP contribution < -0.4 is 5.32 Å². The van der Waals surface area contributed by atoms with Crippen LogP contribution in [0.1, 0.15) is 36.5 Å². The Labute approximate surface area is 116 Å². The van der Waals surface area contributed by atoms with Crippen LogP contribution in [0.5, 0.6) is 0 Å². The summed E-state index contributed by atoms with van der Waals surface area (Å²) in [6, 6.07) is 0.374. The molecule has 2 atom stereocenters. The first-order valence-electron chi connectivity index (χ1n) is 6.92. The smallest absolute Gasteiger partial charge is 0.339 e. The minimum absolute atomic E-state index is 0.215. The van der Waals surface area contributed by atoms with E-state index in [1.165, 1.54) is 12.6 Å². The van der Waals surface area contributed by atoms with Crippen molar-refractivity contribution in [1.82, 2.24) is 14.8 Å². The number of aryl methyl sites for hydroxylation is 1. The zero-order chi connectivity index (χ0) is 14.3. The summed E-state index contributed by atoms with van der Waals surface area (Å²) in [5, 5.41) is 17.6. The van der Waals surface area contributed by atoms with Gasteiger partial charge in [0.05, 0.1) is 17.3 Å². The fourth-order valence-electron chi connectivity index (χ4n) is 2.71. The molecule has 20 heavy (non-hydrogen) atoms. The molecule has 0 bridgehead atoms. The summed E-state index contributed by atoms with van der Waals surface area (Å²) >= 11 is 0. The van der Waals surface area contributed by atoms with E-state index in [1.807, 2.05) is 0 Å². The summed E-state index contributed by atoms with van der Waals surface area (Å²) in [7, 11) is 1.80. The quantitative estimate of drug-likeness (QED) is 0.874. The second-order valence-electron chi connectivity index (χ2n) is 5.39. The molecule has 6 nitrogen and oxygen atoms in total. The van der Waals surface area contributed by atoms with Crippen molar-refractivity contribution >= 4 is 22.7 Å². The van der Waals surface area contributed by atoms with E-state index in [0.29, 0.717) is 23.3 Å². The highest BCUT2D eigenvalue weighted by Crippen LogP contribution is 2.39. The van der Waals surface area contributed by atoms with Crippen LogP contribution in [-0.2, 0) is 7.05 Å². The van der Waals surface area contributed by atoms with E-state index in [-0.39, 0.29) is 5.56 Å². The average molecular weight is 274 g/mol. The van der Waals surface area contributed by atoms with E-state index < -0.39 is 5.97 Å². The SMILES string of the molecule is CCCC1CC1Nc1c(C(=O)O)cnc2c1cnn2C. The first-order chi connectivity index (χ1) is 9.61. The molecule has 2 heterocycles. The second-order valence-corrected chi connectivity index (χ2v) is 5.39. The topological polar surface area (TPSA) is 80.0 Å². The molecule has 0 saturated heterocycles. The summed E-state index contributed by atoms with van der Waals surface area (Å²) in [5.41, 5.74) is 1.57. The summed E-state index contributed by atoms with van der Waals surface area (Å²) in [6.45, 7) is 2.17. The van der Waals surface area contributed by atoms with Gasteiger partial charge in [-0.15, -0.1) is 0 Å². The molecule has 0 aromatic carbocycles. The maximum atomic E-state index is 11.4. The molecule has 2 unspecified atom stereocenters. The van der Waals surface area contributed by atoms with Crippen LogP contribution in [0.3, 0.4) is 0 Å². The number of fused-ring (bicyclic) bond motifs is 1. The largest absolute Gasteiger partial charge is 0.478 e. The molecule has 6 heteroatoms. The van der Waals surface area contributed by atoms with Crippen molar-refractivity contribution in [2.45, 2.75) is 32.2 Å². The van der Waals surface area contributed by atoms with Crippen molar-refractivity contribution in [2.75, 3.05) is 5.32 Å². The number of carbonyl (C=O) groups is 1. The van der Waals surface area contributed by atoms with Crippen molar-refractivity contribution in [3.63, 3.8) is 0 Å². The number of hydrogen-bond donors (Lipinski definition) is 2. The maximum Gasteiger partial charge on any atom is 0.339 e. The number of aromatic nitrogens is 3. The van der Waals surface area contributed by atoms with Crippen molar-refractivity contribution in [3.05, 3.63) is 18.0 Å². The zero-order valence-electron chi connectivity index (χ0n) is 11.6. The van der Waals surface area contributed by atoms with Gasteiger partial charge in [0.1, 0.15) is 5.56 Å². The van der Waals surface area contributed by atoms with Crippen LogP contribution in [-0.4, -0.2) is 31.9 Å². The van der Waals surface area contributed by atoms with Crippen LogP contribution in [0, 0.1) is 5.92 Å². The molecule has 2 aromatic heterocycles. The van der Waals surface area contributed by atoms with Gasteiger partial charge in [-0.3, -0.25) is 4.68 Å². The Morgan fingerprint density at radius 2 is 2.35 bits per heavy atom. The fourth-order valence-corrected chi connectivity index (χ4v) is 2.71. The van der Waals surface area contributed by atoms with Crippen molar-refractivity contribution in [1.29, 1.82) is 0 Å². The molecule has 0 amide bonds. The fraction of sp³-hybridized carbons (Fsp3) is 0.500. The van der Waals surface area contributed by atoms with Gasteiger partial charge < -0.3 is 10.4 Å². The minimum Gasteiger partial charge on any atom is -0.478 e. The average Bonchev–Trinajstić information content (AvgIpc) is 3.02. The predicted octanol–water partition coefficient (Wildman–Crippen LogP) is 2.27. The van der Waals surface area contributed by atoms with E-state index in [4.69, 9.17) is 0 Å². The standard InChI is InChI=1S/C14H18N4O2/c1-3-4-8-5-11(8)17-12-9-7-16-18(2)13(9)15-6-10(12)14(19)20/h6-8,11H,3-5H2,1-2H3,(H,15,17)(H,19,20). The van der Waals surface area contributed by atoms with Gasteiger partial charge in [-0.25, -0.2) is 9.78 Å². The van der Waals surface area contributed by atoms with E-state index in [1.54, 1.807) is 17.9 Å². The number of carboxylic acids is 1. The number of anilines is 1. The summed E-state index contributed by atoms with van der Waals surface area (Å²) in [6.07, 6.45) is 6.53. The number of hydrogen-bond acceptors (Lipinski definition) is 4. The van der Waals surface area contributed by atoms with Crippen molar-refractivity contribution in [3.8, 4) is 0 Å². The Kier molecular flexibility index (Phi) is 3.08. The van der Waals surface area contributed by atoms with Crippen molar-refractivity contribution in [2.24, 2.45) is 13.0 Å². The number of aromatic carboxylic acids is 1. The van der Waals surface area contributed by atoms with Crippen LogP contribution in [0.4, 0.5) is 5.69 Å². The van der Waals surface area contributed by atoms with E-state index >= 15 is 0 Å². The molecule has 3 rings (SSSR count). The van der Waals surface area contributed by atoms with Gasteiger partial charge in [0.2, 0.25) is 0 Å². The van der Waals surface area contributed by atoms with Crippen LogP contribution in [0.15, 0.2) is 12.4 Å². The number of pyridine rings is 1. The molecule has 0 radical (unpaired) electrons. The Hall–Kier alpha value is -2.11. The molecule has 1 aliphatic rings. The van der Waals surface area contributed by atoms with Gasteiger partial charge in [-0.05, 0) is 18.8 Å². The lowest BCUT2D eigenvalue weighted by Crippen LogP contribution is -2.11. The van der Waals surface area contributed by atoms with Crippen molar-refractivity contribution < 1.29 is 9.90 Å². The number of rotatable bonds is 5. The van der Waals surface area contributed by atoms with Crippen LogP contribution in [0.2, 0.25) is 0 Å². The molecule has 0 aliphatic heterocycles. The third-order valence-electron chi connectivity index (χ3n) is 3.90. The Morgan fingerprint density at radius 1 is 1.55 bits per heavy atom. The monoisotopic (exact) mass is 274 g/mol. The maximum absolute atomic E-state index is 11.4. The van der Waals surface area contributed by atoms with Gasteiger partial charge >= 0.3 is 5.97 Å². The number of carboxylic acid groups (broad SMARTS) is 1. The Morgan fingerprint density at radius 3 is 3.05 bits per heavy atom. The molecular weight excluding hydrogens is 256 g/mol. The lowest BCUT2D eigenvalue weighted by molar-refractivity contribution is 0.0697. The third kappa shape index (κ3) is 2.11. The lowest BCUT2D eigenvalue weighted by Gasteiger charge is -2.10. The molecule has 1 saturated carbocycles. The molecule has 1 fully saturated rings. The van der Waals surface area contributed by atoms with Crippen LogP contribution >= 0.6 is 0 Å². The second kappa shape index (κ2) is 4.77. The molecule has 106 valence electrons. The van der Waals surface area contributed by atoms with Gasteiger partial charge in [0.25, 0.3) is 0 Å². The molecular formula is C14H18N4O2. The van der Waals surface area contributed by atoms with Gasteiger partial charge in [-0.1, -0.05) is 13.3 Å². The number of nitrogens with zero attached hydrogens (tertiary/aromatic N) is 3. The lowest BCUT2D eigenvalue weighted by atomic mass is 10.1. The first kappa shape index (κ1) is 12.9. The normalized spacial score (nSPS) is 21.1. The highest BCUT2D eigenvalue weighted by molar-refractivity contribution is 6.03. The molecule has 2 aromatic rings. The number of nitrogens with one attached hydrogen (secondary N) is 1. The van der Waals surface area contributed by atoms with Crippen LogP contribution in [0.25, 0.3) is 11.0 Å². The summed E-state index contributed by atoms with van der Waals surface area (Å²) < 4.78 is 1.66. The molecule has 0 spiro atoms. The third-order valence-corrected chi connectivity index (χ3v) is 3.90. The van der Waals surface area contributed by atoms with Gasteiger partial charge in [0.15, 0.2) is 5.65 Å². The van der Waals surface area contributed by atoms with Gasteiger partial charge in [-0.2, -0.15) is 5.10 Å². The zero-order valence-corrected chi connectivity index (χ0v) is 11.6. The Balaban J connectivity index is 1.98. The molecule has 2 N–H and O–H groups in total. The predicted molar refractivity (Wildman–Crippen MR) is 75.9 cm³/mol.